The fraction of sp³-hybridized carbons (Fsp3) is 0.464. The topological polar surface area (TPSA) is 105 Å². The number of ether oxygens (including phenoxy) is 1. The summed E-state index contributed by atoms with van der Waals surface area (Å²) in [5.74, 6) is -1.23. The van der Waals surface area contributed by atoms with Crippen LogP contribution in [-0.2, 0) is 14.3 Å². The Labute approximate surface area is 206 Å². The smallest absolute Gasteiger partial charge is 0.407 e. The zero-order valence-corrected chi connectivity index (χ0v) is 20.2. The largest absolute Gasteiger partial charge is 0.481 e. The normalized spacial score (nSPS) is 19.5. The van der Waals surface area contributed by atoms with Crippen molar-refractivity contribution < 1.29 is 24.2 Å². The van der Waals surface area contributed by atoms with E-state index in [1.54, 1.807) is 0 Å². The Bertz CT molecular complexity index is 1020. The molecule has 3 atom stereocenters. The zero-order chi connectivity index (χ0) is 24.8. The van der Waals surface area contributed by atoms with Gasteiger partial charge in [0.25, 0.3) is 0 Å². The average molecular weight is 479 g/mol. The molecule has 0 bridgehead atoms. The first-order valence-electron chi connectivity index (χ1n) is 12.6. The van der Waals surface area contributed by atoms with Crippen molar-refractivity contribution in [1.29, 1.82) is 0 Å². The Morgan fingerprint density at radius 2 is 1.69 bits per heavy atom. The molecular weight excluding hydrogens is 444 g/mol. The number of nitrogens with one attached hydrogen (secondary N) is 2. The van der Waals surface area contributed by atoms with Crippen LogP contribution in [0.5, 0.6) is 0 Å². The number of aliphatic carboxylic acids is 1. The predicted octanol–water partition coefficient (Wildman–Crippen LogP) is 4.70. The third kappa shape index (κ3) is 5.84. The Morgan fingerprint density at radius 3 is 2.31 bits per heavy atom. The summed E-state index contributed by atoms with van der Waals surface area (Å²) in [7, 11) is 0. The molecule has 35 heavy (non-hydrogen) atoms. The van der Waals surface area contributed by atoms with Crippen LogP contribution in [0.2, 0.25) is 0 Å². The number of carbonyl (C=O) groups is 3. The van der Waals surface area contributed by atoms with Crippen molar-refractivity contribution >= 4 is 18.0 Å². The van der Waals surface area contributed by atoms with Gasteiger partial charge in [0.2, 0.25) is 5.91 Å². The summed E-state index contributed by atoms with van der Waals surface area (Å²) >= 11 is 0. The van der Waals surface area contributed by atoms with E-state index in [9.17, 15) is 14.4 Å². The van der Waals surface area contributed by atoms with Crippen LogP contribution < -0.4 is 10.6 Å². The van der Waals surface area contributed by atoms with Gasteiger partial charge in [-0.15, -0.1) is 0 Å². The van der Waals surface area contributed by atoms with Gasteiger partial charge in [-0.25, -0.2) is 4.79 Å². The number of alkyl carbamates (subject to hydrolysis) is 1. The van der Waals surface area contributed by atoms with Crippen molar-refractivity contribution in [1.82, 2.24) is 10.6 Å². The highest BCUT2D eigenvalue weighted by Gasteiger charge is 2.34. The van der Waals surface area contributed by atoms with Crippen LogP contribution >= 0.6 is 0 Å². The van der Waals surface area contributed by atoms with Crippen LogP contribution in [0.15, 0.2) is 48.5 Å². The summed E-state index contributed by atoms with van der Waals surface area (Å²) in [5, 5.41) is 14.9. The van der Waals surface area contributed by atoms with Gasteiger partial charge >= 0.3 is 12.1 Å². The number of hydrogen-bond donors (Lipinski definition) is 3. The minimum atomic E-state index is -0.913. The maximum atomic E-state index is 12.9. The van der Waals surface area contributed by atoms with E-state index in [1.807, 2.05) is 31.2 Å². The average Bonchev–Trinajstić information content (AvgIpc) is 3.44. The van der Waals surface area contributed by atoms with Crippen molar-refractivity contribution in [2.75, 3.05) is 13.2 Å². The van der Waals surface area contributed by atoms with E-state index in [0.29, 0.717) is 13.0 Å². The van der Waals surface area contributed by atoms with E-state index in [-0.39, 0.29) is 42.7 Å². The van der Waals surface area contributed by atoms with Crippen LogP contribution in [0.25, 0.3) is 11.1 Å². The number of carboxylic acids is 1. The van der Waals surface area contributed by atoms with Crippen molar-refractivity contribution in [3.63, 3.8) is 0 Å². The van der Waals surface area contributed by atoms with E-state index in [2.05, 4.69) is 34.9 Å². The molecule has 0 spiro atoms. The van der Waals surface area contributed by atoms with Crippen molar-refractivity contribution in [3.8, 4) is 11.1 Å². The van der Waals surface area contributed by atoms with E-state index in [1.165, 1.54) is 11.1 Å². The molecular formula is C28H34N2O5. The van der Waals surface area contributed by atoms with E-state index in [4.69, 9.17) is 9.84 Å². The summed E-state index contributed by atoms with van der Waals surface area (Å²) in [5.41, 5.74) is 4.69. The van der Waals surface area contributed by atoms with Gasteiger partial charge in [0.05, 0.1) is 6.42 Å². The highest BCUT2D eigenvalue weighted by Crippen LogP contribution is 2.44. The van der Waals surface area contributed by atoms with Crippen molar-refractivity contribution in [2.24, 2.45) is 11.8 Å². The molecule has 0 aliphatic heterocycles. The quantitative estimate of drug-likeness (QED) is 0.459. The summed E-state index contributed by atoms with van der Waals surface area (Å²) in [6, 6.07) is 16.1. The predicted molar refractivity (Wildman–Crippen MR) is 133 cm³/mol. The molecule has 2 aliphatic rings. The van der Waals surface area contributed by atoms with Crippen LogP contribution in [0.1, 0.15) is 62.5 Å². The molecule has 186 valence electrons. The fourth-order valence-electron chi connectivity index (χ4n) is 5.58. The van der Waals surface area contributed by atoms with Crippen LogP contribution in [-0.4, -0.2) is 42.3 Å². The van der Waals surface area contributed by atoms with Gasteiger partial charge in [0.15, 0.2) is 0 Å². The van der Waals surface area contributed by atoms with Gasteiger partial charge in [0.1, 0.15) is 6.61 Å². The molecule has 7 nitrogen and oxygen atoms in total. The molecule has 0 radical (unpaired) electrons. The van der Waals surface area contributed by atoms with E-state index < -0.39 is 12.1 Å². The number of fused-ring (bicyclic) bond motifs is 3. The van der Waals surface area contributed by atoms with Crippen LogP contribution in [0.3, 0.4) is 0 Å². The van der Waals surface area contributed by atoms with Gasteiger partial charge in [0, 0.05) is 24.4 Å². The molecule has 4 rings (SSSR count). The number of rotatable bonds is 10. The maximum Gasteiger partial charge on any atom is 0.407 e. The van der Waals surface area contributed by atoms with Crippen LogP contribution in [0.4, 0.5) is 4.79 Å². The minimum Gasteiger partial charge on any atom is -0.481 e. The number of carbonyl (C=O) groups excluding carboxylic acids is 2. The third-order valence-electron chi connectivity index (χ3n) is 7.25. The van der Waals surface area contributed by atoms with Gasteiger partial charge in [-0.3, -0.25) is 9.59 Å². The molecule has 0 unspecified atom stereocenters. The summed E-state index contributed by atoms with van der Waals surface area (Å²) in [6.07, 6.45) is 3.38. The molecule has 2 aromatic rings. The first kappa shape index (κ1) is 24.8. The minimum absolute atomic E-state index is 0.00268. The van der Waals surface area contributed by atoms with Gasteiger partial charge in [-0.1, -0.05) is 68.3 Å². The van der Waals surface area contributed by atoms with E-state index in [0.717, 1.165) is 36.8 Å². The lowest BCUT2D eigenvalue weighted by atomic mass is 9.94. The monoisotopic (exact) mass is 478 g/mol. The standard InChI is InChI=1S/C28H34N2O5/c1-2-8-19(15-26(31)32)30-27(33)20-14-7-9-18(20)16-29-28(34)35-17-25-23-12-5-3-10-21(23)22-11-4-6-13-24(22)25/h3-6,10-13,18-20,25H,2,7-9,14-17H2,1H3,(H,29,34)(H,30,33)(H,31,32)/t18-,19-,20-/m0/s1. The second-order valence-corrected chi connectivity index (χ2v) is 9.60. The number of benzene rings is 2. The number of hydrogen-bond acceptors (Lipinski definition) is 4. The Morgan fingerprint density at radius 1 is 1.03 bits per heavy atom. The SMILES string of the molecule is CCC[C@@H](CC(=O)O)NC(=O)[C@H]1CCC[C@H]1CNC(=O)OCC1c2ccccc2-c2ccccc21. The molecule has 3 N–H and O–H groups in total. The summed E-state index contributed by atoms with van der Waals surface area (Å²) in [4.78, 5) is 36.5. The third-order valence-corrected chi connectivity index (χ3v) is 7.25. The summed E-state index contributed by atoms with van der Waals surface area (Å²) in [6.45, 7) is 2.59. The van der Waals surface area contributed by atoms with Gasteiger partial charge < -0.3 is 20.5 Å². The molecule has 7 heteroatoms. The second kappa shape index (κ2) is 11.4. The number of amides is 2. The van der Waals surface area contributed by atoms with Gasteiger partial charge in [-0.2, -0.15) is 0 Å². The van der Waals surface area contributed by atoms with Crippen molar-refractivity contribution in [3.05, 3.63) is 59.7 Å². The first-order chi connectivity index (χ1) is 17.0. The molecule has 0 saturated heterocycles. The van der Waals surface area contributed by atoms with Crippen LogP contribution in [0, 0.1) is 11.8 Å². The Balaban J connectivity index is 1.29. The molecule has 2 amide bonds. The van der Waals surface area contributed by atoms with Gasteiger partial charge in [-0.05, 0) is 47.4 Å². The molecule has 0 heterocycles. The highest BCUT2D eigenvalue weighted by atomic mass is 16.5. The Hall–Kier alpha value is -3.35. The maximum absolute atomic E-state index is 12.9. The lowest BCUT2D eigenvalue weighted by Crippen LogP contribution is -2.43. The van der Waals surface area contributed by atoms with E-state index >= 15 is 0 Å². The molecule has 0 aromatic heterocycles. The zero-order valence-electron chi connectivity index (χ0n) is 20.2. The molecule has 2 aliphatic carbocycles. The lowest BCUT2D eigenvalue weighted by Gasteiger charge is -2.23. The van der Waals surface area contributed by atoms with Crippen molar-refractivity contribution in [2.45, 2.75) is 57.4 Å². The lowest BCUT2D eigenvalue weighted by molar-refractivity contribution is -0.138. The molecule has 2 aromatic carbocycles. The molecule has 1 saturated carbocycles. The summed E-state index contributed by atoms with van der Waals surface area (Å²) < 4.78 is 5.62. The Kier molecular flexibility index (Phi) is 8.06. The number of carboxylic acid groups (broad SMARTS) is 1. The highest BCUT2D eigenvalue weighted by molar-refractivity contribution is 5.81. The second-order valence-electron chi connectivity index (χ2n) is 9.60. The molecule has 1 fully saturated rings. The fourth-order valence-corrected chi connectivity index (χ4v) is 5.58. The first-order valence-corrected chi connectivity index (χ1v) is 12.6.